The van der Waals surface area contributed by atoms with Crippen molar-refractivity contribution in [2.45, 2.75) is 0 Å². The van der Waals surface area contributed by atoms with Crippen molar-refractivity contribution in [3.05, 3.63) is 39.0 Å². The molecular formula is C10H8N2O5. The van der Waals surface area contributed by atoms with Gasteiger partial charge in [-0.25, -0.2) is 9.59 Å². The predicted molar refractivity (Wildman–Crippen MR) is 58.8 cm³/mol. The molecule has 0 atom stereocenters. The normalized spacial score (nSPS) is 10.4. The maximum Gasteiger partial charge on any atom is 0.422 e. The van der Waals surface area contributed by atoms with Gasteiger partial charge in [0.15, 0.2) is 0 Å². The van der Waals surface area contributed by atoms with Crippen molar-refractivity contribution in [3.63, 3.8) is 0 Å². The molecule has 1 aromatic heterocycles. The Morgan fingerprint density at radius 2 is 2.12 bits per heavy atom. The molecular weight excluding hydrogens is 228 g/mol. The van der Waals surface area contributed by atoms with Crippen LogP contribution in [0.2, 0.25) is 0 Å². The van der Waals surface area contributed by atoms with Crippen LogP contribution in [0.4, 0.5) is 4.79 Å². The van der Waals surface area contributed by atoms with E-state index in [0.29, 0.717) is 5.75 Å². The highest BCUT2D eigenvalue weighted by Crippen LogP contribution is 2.14. The van der Waals surface area contributed by atoms with E-state index in [2.05, 4.69) is 4.98 Å². The number of hydrogen-bond acceptors (Lipinski definition) is 4. The molecule has 7 heteroatoms. The van der Waals surface area contributed by atoms with Gasteiger partial charge in [-0.3, -0.25) is 4.79 Å². The fraction of sp³-hybridized carbons (Fsp3) is 0.100. The fourth-order valence-electron chi connectivity index (χ4n) is 1.50. The Kier molecular flexibility index (Phi) is 2.43. The maximum atomic E-state index is 11.7. The molecule has 0 radical (unpaired) electrons. The Morgan fingerprint density at radius 3 is 2.71 bits per heavy atom. The summed E-state index contributed by atoms with van der Waals surface area (Å²) in [5.74, 6) is 0.459. The minimum atomic E-state index is -1.62. The van der Waals surface area contributed by atoms with Crippen molar-refractivity contribution < 1.29 is 14.6 Å². The quantitative estimate of drug-likeness (QED) is 0.737. The molecule has 1 heterocycles. The van der Waals surface area contributed by atoms with Crippen LogP contribution in [0, 0.1) is 0 Å². The zero-order valence-electron chi connectivity index (χ0n) is 8.76. The number of benzene rings is 1. The van der Waals surface area contributed by atoms with Gasteiger partial charge in [-0.2, -0.15) is 4.57 Å². The molecule has 0 spiro atoms. The van der Waals surface area contributed by atoms with E-state index in [1.165, 1.54) is 25.3 Å². The molecule has 0 saturated carbocycles. The highest BCUT2D eigenvalue weighted by molar-refractivity contribution is 5.81. The second kappa shape index (κ2) is 3.78. The first-order valence-corrected chi connectivity index (χ1v) is 4.61. The van der Waals surface area contributed by atoms with Crippen LogP contribution in [-0.4, -0.2) is 27.9 Å². The number of aromatic amines is 1. The Morgan fingerprint density at radius 1 is 1.41 bits per heavy atom. The minimum Gasteiger partial charge on any atom is -0.497 e. The Hall–Kier alpha value is -2.57. The SMILES string of the molecule is COc1ccc2c(=O)n(C(=O)O)c(=O)[nH]c2c1. The van der Waals surface area contributed by atoms with Crippen LogP contribution < -0.4 is 16.0 Å². The molecule has 0 saturated heterocycles. The third kappa shape index (κ3) is 1.67. The molecule has 7 nitrogen and oxygen atoms in total. The number of aromatic nitrogens is 2. The molecule has 0 amide bonds. The fourth-order valence-corrected chi connectivity index (χ4v) is 1.50. The third-order valence-corrected chi connectivity index (χ3v) is 2.30. The number of carbonyl (C=O) groups is 1. The van der Waals surface area contributed by atoms with Crippen molar-refractivity contribution in [3.8, 4) is 5.75 Å². The lowest BCUT2D eigenvalue weighted by Gasteiger charge is -2.03. The van der Waals surface area contributed by atoms with Crippen LogP contribution in [0.1, 0.15) is 0 Å². The smallest absolute Gasteiger partial charge is 0.422 e. The first kappa shape index (κ1) is 10.9. The Labute approximate surface area is 93.9 Å². The van der Waals surface area contributed by atoms with Crippen LogP contribution in [0.25, 0.3) is 10.9 Å². The zero-order chi connectivity index (χ0) is 12.6. The van der Waals surface area contributed by atoms with E-state index in [-0.39, 0.29) is 15.5 Å². The number of carboxylic acid groups (broad SMARTS) is 1. The van der Waals surface area contributed by atoms with Gasteiger partial charge in [0.1, 0.15) is 5.75 Å². The molecule has 0 bridgehead atoms. The summed E-state index contributed by atoms with van der Waals surface area (Å²) < 4.78 is 5.05. The number of nitrogens with zero attached hydrogens (tertiary/aromatic N) is 1. The van der Waals surface area contributed by atoms with Crippen molar-refractivity contribution in [2.24, 2.45) is 0 Å². The van der Waals surface area contributed by atoms with Gasteiger partial charge in [0, 0.05) is 6.07 Å². The van der Waals surface area contributed by atoms with E-state index in [1.807, 2.05) is 0 Å². The number of methoxy groups -OCH3 is 1. The molecule has 0 aliphatic heterocycles. The summed E-state index contributed by atoms with van der Waals surface area (Å²) in [7, 11) is 1.44. The molecule has 0 aliphatic rings. The van der Waals surface area contributed by atoms with Gasteiger partial charge in [-0.05, 0) is 12.1 Å². The lowest BCUT2D eigenvalue weighted by molar-refractivity contribution is 0.194. The topological polar surface area (TPSA) is 101 Å². The van der Waals surface area contributed by atoms with Gasteiger partial charge in [0.05, 0.1) is 18.0 Å². The first-order valence-electron chi connectivity index (χ1n) is 4.61. The number of rotatable bonds is 1. The zero-order valence-corrected chi connectivity index (χ0v) is 8.76. The van der Waals surface area contributed by atoms with Gasteiger partial charge in [-0.1, -0.05) is 0 Å². The highest BCUT2D eigenvalue weighted by atomic mass is 16.5. The second-order valence-corrected chi connectivity index (χ2v) is 3.26. The summed E-state index contributed by atoms with van der Waals surface area (Å²) in [6.45, 7) is 0. The van der Waals surface area contributed by atoms with Crippen molar-refractivity contribution in [1.82, 2.24) is 9.55 Å². The van der Waals surface area contributed by atoms with Crippen molar-refractivity contribution in [1.29, 1.82) is 0 Å². The van der Waals surface area contributed by atoms with E-state index in [4.69, 9.17) is 9.84 Å². The lowest BCUT2D eigenvalue weighted by Crippen LogP contribution is -2.39. The number of H-pyrrole nitrogens is 1. The molecule has 88 valence electrons. The average Bonchev–Trinajstić information content (AvgIpc) is 2.27. The molecule has 2 rings (SSSR count). The Bertz CT molecular complexity index is 713. The van der Waals surface area contributed by atoms with Crippen molar-refractivity contribution in [2.75, 3.05) is 7.11 Å². The highest BCUT2D eigenvalue weighted by Gasteiger charge is 2.12. The first-order chi connectivity index (χ1) is 8.04. The van der Waals surface area contributed by atoms with E-state index in [1.54, 1.807) is 0 Å². The van der Waals surface area contributed by atoms with Gasteiger partial charge in [0.2, 0.25) is 0 Å². The monoisotopic (exact) mass is 236 g/mol. The summed E-state index contributed by atoms with van der Waals surface area (Å²) in [5, 5.41) is 8.83. The average molecular weight is 236 g/mol. The van der Waals surface area contributed by atoms with E-state index in [9.17, 15) is 14.4 Å². The lowest BCUT2D eigenvalue weighted by atomic mass is 10.2. The summed E-state index contributed by atoms with van der Waals surface area (Å²) >= 11 is 0. The number of hydrogen-bond donors (Lipinski definition) is 2. The molecule has 0 unspecified atom stereocenters. The molecule has 0 fully saturated rings. The number of ether oxygens (including phenoxy) is 1. The predicted octanol–water partition coefficient (Wildman–Crippen LogP) is 0.224. The van der Waals surface area contributed by atoms with Gasteiger partial charge >= 0.3 is 11.8 Å². The van der Waals surface area contributed by atoms with Crippen LogP contribution in [0.3, 0.4) is 0 Å². The van der Waals surface area contributed by atoms with Gasteiger partial charge in [-0.15, -0.1) is 0 Å². The standard InChI is InChI=1S/C10H8N2O5/c1-17-5-2-3-6-7(4-5)11-9(14)12(8(6)13)10(15)16/h2-4H,1H3,(H,11,14)(H,15,16). The maximum absolute atomic E-state index is 11.7. The largest absolute Gasteiger partial charge is 0.497 e. The van der Waals surface area contributed by atoms with Crippen LogP contribution in [-0.2, 0) is 0 Å². The third-order valence-electron chi connectivity index (χ3n) is 2.30. The number of nitrogens with one attached hydrogen (secondary N) is 1. The Balaban J connectivity index is 2.91. The summed E-state index contributed by atoms with van der Waals surface area (Å²) in [4.78, 5) is 36.1. The minimum absolute atomic E-state index is 0.104. The van der Waals surface area contributed by atoms with Crippen molar-refractivity contribution >= 4 is 17.0 Å². The molecule has 2 aromatic rings. The van der Waals surface area contributed by atoms with Gasteiger partial charge < -0.3 is 14.8 Å². The molecule has 0 aliphatic carbocycles. The van der Waals surface area contributed by atoms with Crippen LogP contribution in [0.15, 0.2) is 27.8 Å². The van der Waals surface area contributed by atoms with E-state index in [0.717, 1.165) is 0 Å². The van der Waals surface area contributed by atoms with E-state index < -0.39 is 17.3 Å². The van der Waals surface area contributed by atoms with E-state index >= 15 is 0 Å². The summed E-state index contributed by atoms with van der Waals surface area (Å²) in [6.07, 6.45) is -1.62. The van der Waals surface area contributed by atoms with Crippen LogP contribution in [0.5, 0.6) is 5.75 Å². The number of fused-ring (bicyclic) bond motifs is 1. The molecule has 1 aromatic carbocycles. The van der Waals surface area contributed by atoms with Gasteiger partial charge in [0.25, 0.3) is 5.56 Å². The second-order valence-electron chi connectivity index (χ2n) is 3.26. The summed E-state index contributed by atoms with van der Waals surface area (Å²) in [5.41, 5.74) is -1.64. The molecule has 17 heavy (non-hydrogen) atoms. The summed E-state index contributed by atoms with van der Waals surface area (Å²) in [6, 6.07) is 4.35. The van der Waals surface area contributed by atoms with Crippen LogP contribution >= 0.6 is 0 Å². The molecule has 2 N–H and O–H groups in total.